The molecule has 2 aromatic heterocycles. The van der Waals surface area contributed by atoms with E-state index in [0.717, 1.165) is 32.7 Å². The van der Waals surface area contributed by atoms with E-state index in [1.165, 1.54) is 11.1 Å². The minimum absolute atomic E-state index is 0.0102. The Hall–Kier alpha value is -7.90. The predicted molar refractivity (Wildman–Crippen MR) is 318 cm³/mol. The Morgan fingerprint density at radius 2 is 0.885 bits per heavy atom. The minimum Gasteiger partial charge on any atom is -0.505 e. The fourth-order valence-corrected chi connectivity index (χ4v) is 11.2. The van der Waals surface area contributed by atoms with E-state index in [-0.39, 0.29) is 45.1 Å². The summed E-state index contributed by atoms with van der Waals surface area (Å²) < 4.78 is 30.0. The Balaban J connectivity index is 0.707. The second-order valence-corrected chi connectivity index (χ2v) is 22.0. The third-order valence-electron chi connectivity index (χ3n) is 13.3. The summed E-state index contributed by atoms with van der Waals surface area (Å²) in [6.45, 7) is 12.7. The largest absolute Gasteiger partial charge is 0.505 e. The van der Waals surface area contributed by atoms with E-state index in [4.69, 9.17) is 23.2 Å². The van der Waals surface area contributed by atoms with Gasteiger partial charge in [0.25, 0.3) is 0 Å². The molecule has 6 N–H and O–H groups in total. The van der Waals surface area contributed by atoms with E-state index in [1.807, 2.05) is 76.2 Å². The van der Waals surface area contributed by atoms with Crippen LogP contribution in [-0.2, 0) is 0 Å². The van der Waals surface area contributed by atoms with Crippen LogP contribution in [0, 0.1) is 53.4 Å². The molecule has 8 aromatic carbocycles. The standard InChI is InChI=1S/C58H50Cl2F2N12O2S2/c1-29-9-7-11-41-33(5)45(19-17-39(29)41)71-73-49-31(3)25-35-27-37(13-15-43(35)51(49)75)65-55-47(59)53(61)67-57(69-55)63-21-23-77-78-24-22-64-58-68-54(62)48(60)56(70-58)66-38-14-16-44-36(28-38)26-32(4)50(52(44)76)74-72-46-20-18-40-30(2)10-8-12-42(40)34(46)6/h7-20,25-28,75-76H,21-24H2,1-6H3,(H2,63,65,67,69)(H2,64,66,68,70)/b73-71+,74-72+. The van der Waals surface area contributed by atoms with Crippen LogP contribution < -0.4 is 21.3 Å². The van der Waals surface area contributed by atoms with E-state index >= 15 is 8.78 Å². The quantitative estimate of drug-likeness (QED) is 0.0219. The van der Waals surface area contributed by atoms with Crippen molar-refractivity contribution in [3.05, 3.63) is 165 Å². The van der Waals surface area contributed by atoms with Gasteiger partial charge in [-0.3, -0.25) is 0 Å². The van der Waals surface area contributed by atoms with Gasteiger partial charge in [-0.15, -0.1) is 10.2 Å². The third-order valence-corrected chi connectivity index (χ3v) is 16.4. The third kappa shape index (κ3) is 11.2. The van der Waals surface area contributed by atoms with Gasteiger partial charge < -0.3 is 31.5 Å². The topological polar surface area (TPSA) is 190 Å². The molecule has 10 rings (SSSR count). The maximum Gasteiger partial charge on any atom is 0.238 e. The molecule has 0 amide bonds. The first-order valence-corrected chi connectivity index (χ1v) is 27.9. The summed E-state index contributed by atoms with van der Waals surface area (Å²) in [5, 5.41) is 59.5. The van der Waals surface area contributed by atoms with Gasteiger partial charge in [-0.1, -0.05) is 93.3 Å². The normalized spacial score (nSPS) is 11.8. The van der Waals surface area contributed by atoms with Crippen LogP contribution in [0.1, 0.15) is 33.4 Å². The van der Waals surface area contributed by atoms with Gasteiger partial charge in [0.1, 0.15) is 21.4 Å². The zero-order valence-corrected chi connectivity index (χ0v) is 46.2. The van der Waals surface area contributed by atoms with Gasteiger partial charge >= 0.3 is 0 Å². The molecule has 0 spiro atoms. The lowest BCUT2D eigenvalue weighted by atomic mass is 10.0. The molecule has 0 unspecified atom stereocenters. The number of rotatable bonds is 17. The molecule has 0 atom stereocenters. The number of benzene rings is 8. The van der Waals surface area contributed by atoms with Crippen LogP contribution in [-0.4, -0.2) is 54.7 Å². The average molecular weight is 1120 g/mol. The molecule has 14 nitrogen and oxygen atoms in total. The number of nitrogens with one attached hydrogen (secondary N) is 4. The number of nitrogens with zero attached hydrogens (tertiary/aromatic N) is 8. The summed E-state index contributed by atoms with van der Waals surface area (Å²) in [6.07, 6.45) is 0. The minimum atomic E-state index is -0.894. The van der Waals surface area contributed by atoms with Crippen molar-refractivity contribution in [3.8, 4) is 11.5 Å². The summed E-state index contributed by atoms with van der Waals surface area (Å²) in [5.74, 6) is -0.368. The molecule has 0 bridgehead atoms. The van der Waals surface area contributed by atoms with E-state index in [1.54, 1.807) is 58.0 Å². The van der Waals surface area contributed by atoms with E-state index in [2.05, 4.69) is 99.8 Å². The Labute approximate surface area is 465 Å². The molecule has 78 heavy (non-hydrogen) atoms. The van der Waals surface area contributed by atoms with E-state index in [9.17, 15) is 10.2 Å². The Bertz CT molecular complexity index is 3820. The Morgan fingerprint density at radius 1 is 0.474 bits per heavy atom. The molecule has 0 saturated carbocycles. The fraction of sp³-hybridized carbons (Fsp3) is 0.172. The highest BCUT2D eigenvalue weighted by Crippen LogP contribution is 2.43. The van der Waals surface area contributed by atoms with Crippen LogP contribution in [0.2, 0.25) is 10.0 Å². The number of aryl methyl sites for hydroxylation is 6. The van der Waals surface area contributed by atoms with Gasteiger partial charge in [0.15, 0.2) is 23.1 Å². The summed E-state index contributed by atoms with van der Waals surface area (Å²) in [6, 6.07) is 34.6. The van der Waals surface area contributed by atoms with Gasteiger partial charge in [-0.25, -0.2) is 0 Å². The van der Waals surface area contributed by atoms with Crippen molar-refractivity contribution in [1.82, 2.24) is 19.9 Å². The van der Waals surface area contributed by atoms with Crippen LogP contribution in [0.5, 0.6) is 11.5 Å². The monoisotopic (exact) mass is 1120 g/mol. The SMILES string of the molecule is Cc1cc2cc(Nc3nc(NCCSSCCNc4nc(F)c(Cl)c(Nc5ccc6c(O)c(/N=N/c7ccc8c(C)cccc8c7C)c(C)cc6c5)n4)nc(F)c3Cl)ccc2c(O)c1/N=N/c1ccc2c(C)cccc2c1C. The number of aromatic hydroxyl groups is 2. The fourth-order valence-electron chi connectivity index (χ4n) is 9.13. The van der Waals surface area contributed by atoms with Crippen LogP contribution in [0.15, 0.2) is 130 Å². The lowest BCUT2D eigenvalue weighted by molar-refractivity contribution is 0.482. The van der Waals surface area contributed by atoms with E-state index < -0.39 is 11.9 Å². The van der Waals surface area contributed by atoms with Crippen LogP contribution in [0.25, 0.3) is 43.1 Å². The highest BCUT2D eigenvalue weighted by Gasteiger charge is 2.18. The number of hydrogen-bond acceptors (Lipinski definition) is 16. The van der Waals surface area contributed by atoms with Crippen molar-refractivity contribution < 1.29 is 19.0 Å². The lowest BCUT2D eigenvalue weighted by Gasteiger charge is -2.13. The molecule has 2 heterocycles. The van der Waals surface area contributed by atoms with Crippen LogP contribution in [0.3, 0.4) is 0 Å². The maximum absolute atomic E-state index is 15.0. The van der Waals surface area contributed by atoms with Gasteiger partial charge in [-0.2, -0.15) is 38.9 Å². The van der Waals surface area contributed by atoms with Crippen molar-refractivity contribution in [1.29, 1.82) is 0 Å². The second kappa shape index (κ2) is 23.0. The molecular weight excluding hydrogens is 1070 g/mol. The Kier molecular flexibility index (Phi) is 15.8. The van der Waals surface area contributed by atoms with Crippen molar-refractivity contribution >= 4 is 146 Å². The molecule has 0 fully saturated rings. The zero-order chi connectivity index (χ0) is 54.8. The average Bonchev–Trinajstić information content (AvgIpc) is 3.49. The number of phenolic OH excluding ortho intramolecular Hbond substituents is 2. The van der Waals surface area contributed by atoms with Crippen molar-refractivity contribution in [2.24, 2.45) is 20.5 Å². The van der Waals surface area contributed by atoms with Crippen LogP contribution in [0.4, 0.5) is 66.4 Å². The Morgan fingerprint density at radius 3 is 1.31 bits per heavy atom. The first kappa shape index (κ1) is 53.5. The van der Waals surface area contributed by atoms with Crippen molar-refractivity contribution in [2.45, 2.75) is 41.5 Å². The van der Waals surface area contributed by atoms with Gasteiger partial charge in [-0.05, 0) is 168 Å². The highest BCUT2D eigenvalue weighted by atomic mass is 35.5. The molecule has 20 heteroatoms. The molecule has 0 aliphatic carbocycles. The number of anilines is 6. The second-order valence-electron chi connectivity index (χ2n) is 18.6. The van der Waals surface area contributed by atoms with Gasteiger partial charge in [0.05, 0.1) is 11.4 Å². The molecule has 0 saturated heterocycles. The molecule has 0 radical (unpaired) electrons. The van der Waals surface area contributed by atoms with Gasteiger partial charge in [0.2, 0.25) is 23.8 Å². The number of phenols is 2. The van der Waals surface area contributed by atoms with Crippen LogP contribution >= 0.6 is 44.8 Å². The van der Waals surface area contributed by atoms with Crippen molar-refractivity contribution in [3.63, 3.8) is 0 Å². The summed E-state index contributed by atoms with van der Waals surface area (Å²) in [5.41, 5.74) is 9.05. The number of fused-ring (bicyclic) bond motifs is 4. The smallest absolute Gasteiger partial charge is 0.238 e. The highest BCUT2D eigenvalue weighted by molar-refractivity contribution is 8.76. The lowest BCUT2D eigenvalue weighted by Crippen LogP contribution is -2.11. The molecule has 10 aromatic rings. The molecular formula is C58H50Cl2F2N12O2S2. The predicted octanol–water partition coefficient (Wildman–Crippen LogP) is 17.9. The molecule has 0 aliphatic heterocycles. The number of hydrogen-bond donors (Lipinski definition) is 6. The summed E-state index contributed by atoms with van der Waals surface area (Å²) >= 11 is 12.7. The zero-order valence-electron chi connectivity index (χ0n) is 43.0. The van der Waals surface area contributed by atoms with Gasteiger partial charge in [0, 0.05) is 46.7 Å². The van der Waals surface area contributed by atoms with E-state index in [0.29, 0.717) is 91.4 Å². The van der Waals surface area contributed by atoms with Crippen molar-refractivity contribution in [2.75, 3.05) is 45.9 Å². The first-order chi connectivity index (χ1) is 37.6. The summed E-state index contributed by atoms with van der Waals surface area (Å²) in [4.78, 5) is 16.6. The summed E-state index contributed by atoms with van der Waals surface area (Å²) in [7, 11) is 3.12. The maximum atomic E-state index is 15.0. The number of azo groups is 2. The molecule has 0 aliphatic rings. The first-order valence-electron chi connectivity index (χ1n) is 24.7. The number of halogens is 4. The number of aromatic nitrogens is 4. The molecule has 394 valence electrons.